The number of anilines is 1. The molecular weight excluding hydrogens is 250 g/mol. The van der Waals surface area contributed by atoms with E-state index in [0.717, 1.165) is 43.7 Å². The van der Waals surface area contributed by atoms with Crippen molar-refractivity contribution >= 4 is 5.82 Å². The zero-order valence-corrected chi connectivity index (χ0v) is 12.9. The Morgan fingerprint density at radius 2 is 2.15 bits per heavy atom. The van der Waals surface area contributed by atoms with E-state index in [1.807, 2.05) is 18.3 Å². The van der Waals surface area contributed by atoms with E-state index in [1.54, 1.807) is 0 Å². The molecule has 2 heterocycles. The summed E-state index contributed by atoms with van der Waals surface area (Å²) in [6, 6.07) is 3.97. The molecule has 0 aromatic carbocycles. The Kier molecular flexibility index (Phi) is 5.65. The molecule has 1 fully saturated rings. The summed E-state index contributed by atoms with van der Waals surface area (Å²) < 4.78 is 5.90. The molecule has 112 valence electrons. The Bertz CT molecular complexity index is 402. The van der Waals surface area contributed by atoms with Gasteiger partial charge in [0, 0.05) is 19.3 Å². The van der Waals surface area contributed by atoms with Crippen LogP contribution in [0.4, 0.5) is 5.82 Å². The molecule has 20 heavy (non-hydrogen) atoms. The van der Waals surface area contributed by atoms with Gasteiger partial charge in [-0.15, -0.1) is 0 Å². The van der Waals surface area contributed by atoms with Crippen LogP contribution in [0.3, 0.4) is 0 Å². The van der Waals surface area contributed by atoms with Crippen LogP contribution in [-0.2, 0) is 0 Å². The Morgan fingerprint density at radius 3 is 2.80 bits per heavy atom. The normalized spacial score (nSPS) is 16.4. The number of nitrogens with zero attached hydrogens (tertiary/aromatic N) is 2. The van der Waals surface area contributed by atoms with Gasteiger partial charge in [0.1, 0.15) is 0 Å². The zero-order valence-electron chi connectivity index (χ0n) is 12.9. The highest BCUT2D eigenvalue weighted by molar-refractivity contribution is 5.52. The van der Waals surface area contributed by atoms with Crippen molar-refractivity contribution in [2.24, 2.45) is 5.92 Å². The number of pyridine rings is 1. The van der Waals surface area contributed by atoms with Gasteiger partial charge in [0.2, 0.25) is 0 Å². The average Bonchev–Trinajstić information content (AvgIpc) is 2.46. The van der Waals surface area contributed by atoms with Gasteiger partial charge in [-0.3, -0.25) is 0 Å². The lowest BCUT2D eigenvalue weighted by Gasteiger charge is -2.31. The number of hydrogen-bond donors (Lipinski definition) is 1. The molecule has 0 saturated carbocycles. The summed E-state index contributed by atoms with van der Waals surface area (Å²) in [6.45, 7) is 10.6. The minimum Gasteiger partial charge on any atom is -0.487 e. The fraction of sp³-hybridized carbons (Fsp3) is 0.688. The highest BCUT2D eigenvalue weighted by Crippen LogP contribution is 2.28. The van der Waals surface area contributed by atoms with E-state index in [2.05, 4.69) is 36.0 Å². The van der Waals surface area contributed by atoms with E-state index in [-0.39, 0.29) is 6.10 Å². The molecule has 0 bridgehead atoms. The lowest BCUT2D eigenvalue weighted by Crippen LogP contribution is -2.36. The zero-order chi connectivity index (χ0) is 14.4. The first-order chi connectivity index (χ1) is 9.70. The third kappa shape index (κ3) is 4.10. The third-order valence-corrected chi connectivity index (χ3v) is 3.73. The largest absolute Gasteiger partial charge is 0.487 e. The number of rotatable bonds is 6. The van der Waals surface area contributed by atoms with Crippen LogP contribution in [0.5, 0.6) is 5.75 Å². The highest BCUT2D eigenvalue weighted by atomic mass is 16.5. The van der Waals surface area contributed by atoms with Crippen LogP contribution >= 0.6 is 0 Å². The molecule has 0 amide bonds. The van der Waals surface area contributed by atoms with E-state index in [0.29, 0.717) is 0 Å². The Morgan fingerprint density at radius 1 is 1.40 bits per heavy atom. The van der Waals surface area contributed by atoms with Crippen molar-refractivity contribution in [3.05, 3.63) is 18.3 Å². The van der Waals surface area contributed by atoms with Gasteiger partial charge < -0.3 is 15.0 Å². The quantitative estimate of drug-likeness (QED) is 0.867. The lowest BCUT2D eigenvalue weighted by atomic mass is 9.97. The maximum absolute atomic E-state index is 5.90. The van der Waals surface area contributed by atoms with Gasteiger partial charge in [-0.05, 0) is 64.8 Å². The van der Waals surface area contributed by atoms with Gasteiger partial charge in [-0.25, -0.2) is 4.98 Å². The lowest BCUT2D eigenvalue weighted by molar-refractivity contribution is 0.241. The molecule has 1 saturated heterocycles. The van der Waals surface area contributed by atoms with Crippen LogP contribution in [0.1, 0.15) is 33.6 Å². The van der Waals surface area contributed by atoms with Crippen LogP contribution in [0.25, 0.3) is 0 Å². The molecule has 0 atom stereocenters. The van der Waals surface area contributed by atoms with Crippen LogP contribution in [0.15, 0.2) is 18.3 Å². The van der Waals surface area contributed by atoms with E-state index >= 15 is 0 Å². The number of ether oxygens (including phenoxy) is 1. The SMILES string of the molecule is CCN(CC1CCNCC1)c1ncccc1OC(C)C. The van der Waals surface area contributed by atoms with Gasteiger partial charge >= 0.3 is 0 Å². The first-order valence-electron chi connectivity index (χ1n) is 7.78. The standard InChI is InChI=1S/C16H27N3O/c1-4-19(12-14-7-10-17-11-8-14)16-15(20-13(2)3)6-5-9-18-16/h5-6,9,13-14,17H,4,7-8,10-12H2,1-3H3. The summed E-state index contributed by atoms with van der Waals surface area (Å²) in [6.07, 6.45) is 4.54. The minimum atomic E-state index is 0.176. The predicted octanol–water partition coefficient (Wildman–Crippen LogP) is 2.69. The second-order valence-corrected chi connectivity index (χ2v) is 5.72. The predicted molar refractivity (Wildman–Crippen MR) is 83.5 cm³/mol. The maximum Gasteiger partial charge on any atom is 0.171 e. The monoisotopic (exact) mass is 277 g/mol. The molecule has 1 aliphatic rings. The highest BCUT2D eigenvalue weighted by Gasteiger charge is 2.19. The van der Waals surface area contributed by atoms with Gasteiger partial charge in [-0.1, -0.05) is 0 Å². The number of piperidine rings is 1. The van der Waals surface area contributed by atoms with Crippen LogP contribution in [0, 0.1) is 5.92 Å². The molecule has 2 rings (SSSR count). The van der Waals surface area contributed by atoms with Gasteiger partial charge in [0.05, 0.1) is 6.10 Å². The first kappa shape index (κ1) is 15.1. The molecule has 0 spiro atoms. The van der Waals surface area contributed by atoms with Gasteiger partial charge in [0.25, 0.3) is 0 Å². The van der Waals surface area contributed by atoms with Crippen molar-refractivity contribution in [2.75, 3.05) is 31.1 Å². The topological polar surface area (TPSA) is 37.4 Å². The van der Waals surface area contributed by atoms with Crippen molar-refractivity contribution in [2.45, 2.75) is 39.7 Å². The summed E-state index contributed by atoms with van der Waals surface area (Å²) in [5, 5.41) is 3.42. The summed E-state index contributed by atoms with van der Waals surface area (Å²) in [7, 11) is 0. The molecule has 0 radical (unpaired) electrons. The maximum atomic E-state index is 5.90. The van der Waals surface area contributed by atoms with Crippen molar-refractivity contribution in [1.29, 1.82) is 0 Å². The molecule has 0 aliphatic carbocycles. The molecule has 1 aromatic rings. The third-order valence-electron chi connectivity index (χ3n) is 3.73. The van der Waals surface area contributed by atoms with Gasteiger partial charge in [0.15, 0.2) is 11.6 Å². The molecule has 4 nitrogen and oxygen atoms in total. The van der Waals surface area contributed by atoms with E-state index in [1.165, 1.54) is 12.8 Å². The Labute approximate surface area is 122 Å². The van der Waals surface area contributed by atoms with Gasteiger partial charge in [-0.2, -0.15) is 0 Å². The Balaban J connectivity index is 2.09. The molecule has 1 aliphatic heterocycles. The summed E-state index contributed by atoms with van der Waals surface area (Å²) in [5.74, 6) is 2.64. The average molecular weight is 277 g/mol. The minimum absolute atomic E-state index is 0.176. The second kappa shape index (κ2) is 7.48. The molecule has 1 aromatic heterocycles. The van der Waals surface area contributed by atoms with Crippen molar-refractivity contribution in [3.8, 4) is 5.75 Å². The van der Waals surface area contributed by atoms with Crippen molar-refractivity contribution in [1.82, 2.24) is 10.3 Å². The smallest absolute Gasteiger partial charge is 0.171 e. The molecule has 1 N–H and O–H groups in total. The number of hydrogen-bond acceptors (Lipinski definition) is 4. The van der Waals surface area contributed by atoms with Crippen LogP contribution in [-0.4, -0.2) is 37.3 Å². The Hall–Kier alpha value is -1.29. The van der Waals surface area contributed by atoms with Crippen LogP contribution in [0.2, 0.25) is 0 Å². The van der Waals surface area contributed by atoms with E-state index in [4.69, 9.17) is 4.74 Å². The molecule has 4 heteroatoms. The first-order valence-corrected chi connectivity index (χ1v) is 7.78. The molecular formula is C16H27N3O. The summed E-state index contributed by atoms with van der Waals surface area (Å²) in [4.78, 5) is 6.91. The van der Waals surface area contributed by atoms with E-state index in [9.17, 15) is 0 Å². The van der Waals surface area contributed by atoms with Crippen LogP contribution < -0.4 is 15.0 Å². The number of nitrogens with one attached hydrogen (secondary N) is 1. The number of aromatic nitrogens is 1. The second-order valence-electron chi connectivity index (χ2n) is 5.72. The van der Waals surface area contributed by atoms with E-state index < -0.39 is 0 Å². The summed E-state index contributed by atoms with van der Waals surface area (Å²) >= 11 is 0. The fourth-order valence-electron chi connectivity index (χ4n) is 2.71. The van der Waals surface area contributed by atoms with Crippen molar-refractivity contribution in [3.63, 3.8) is 0 Å². The fourth-order valence-corrected chi connectivity index (χ4v) is 2.71. The molecule has 0 unspecified atom stereocenters. The summed E-state index contributed by atoms with van der Waals surface area (Å²) in [5.41, 5.74) is 0. The van der Waals surface area contributed by atoms with Crippen molar-refractivity contribution < 1.29 is 4.74 Å².